The van der Waals surface area contributed by atoms with Crippen LogP contribution in [0.1, 0.15) is 6.92 Å². The zero-order valence-electron chi connectivity index (χ0n) is 8.32. The number of nitrogens with one attached hydrogen (secondary N) is 1. The zero-order chi connectivity index (χ0) is 10.8. The molecule has 1 amide bonds. The molecule has 0 heterocycles. The number of phenolic OH excluding ortho intramolecular Hbond substituents is 1. The van der Waals surface area contributed by atoms with Gasteiger partial charge in [-0.15, -0.1) is 0 Å². The number of carbonyl (C=O) groups is 1. The van der Waals surface area contributed by atoms with Crippen LogP contribution in [0.2, 0.25) is 0 Å². The number of carbonyl (C=O) groups excluding carboxylic acids is 1. The maximum Gasteiger partial charge on any atom is 0.221 e. The van der Waals surface area contributed by atoms with E-state index in [1.165, 1.54) is 6.92 Å². The van der Waals surface area contributed by atoms with Crippen LogP contribution in [0.25, 0.3) is 10.8 Å². The molecule has 0 aliphatic heterocycles. The second kappa shape index (κ2) is 3.61. The van der Waals surface area contributed by atoms with Gasteiger partial charge in [-0.05, 0) is 22.9 Å². The molecule has 2 aromatic rings. The molecule has 0 bridgehead atoms. The smallest absolute Gasteiger partial charge is 0.221 e. The molecule has 2 rings (SSSR count). The highest BCUT2D eigenvalue weighted by atomic mass is 16.3. The Hall–Kier alpha value is -2.03. The summed E-state index contributed by atoms with van der Waals surface area (Å²) in [5, 5.41) is 14.2. The van der Waals surface area contributed by atoms with Crippen molar-refractivity contribution in [2.75, 3.05) is 5.32 Å². The summed E-state index contributed by atoms with van der Waals surface area (Å²) in [6.45, 7) is 1.41. The van der Waals surface area contributed by atoms with E-state index in [2.05, 4.69) is 5.32 Å². The third-order valence-electron chi connectivity index (χ3n) is 2.17. The Morgan fingerprint density at radius 3 is 2.40 bits per heavy atom. The van der Waals surface area contributed by atoms with Crippen molar-refractivity contribution in [3.63, 3.8) is 0 Å². The Morgan fingerprint density at radius 1 is 1.20 bits per heavy atom. The van der Waals surface area contributed by atoms with Crippen molar-refractivity contribution in [1.29, 1.82) is 0 Å². The standard InChI is InChI=1S/C12H11NO2/c1-8(14)13-11-6-9-4-2-3-5-10(9)7-12(11)15/h2-7,15H,1H3,(H,13,14). The molecule has 0 saturated carbocycles. The van der Waals surface area contributed by atoms with Crippen LogP contribution in [0, 0.1) is 0 Å². The Balaban J connectivity index is 2.56. The molecular formula is C12H11NO2. The lowest BCUT2D eigenvalue weighted by Crippen LogP contribution is -2.05. The van der Waals surface area contributed by atoms with Crippen molar-refractivity contribution in [3.05, 3.63) is 36.4 Å². The Kier molecular flexibility index (Phi) is 2.29. The first kappa shape index (κ1) is 9.52. The second-order valence-corrected chi connectivity index (χ2v) is 3.40. The van der Waals surface area contributed by atoms with Crippen molar-refractivity contribution < 1.29 is 9.90 Å². The minimum atomic E-state index is -0.194. The molecule has 0 aromatic heterocycles. The number of rotatable bonds is 1. The van der Waals surface area contributed by atoms with Gasteiger partial charge in [0.2, 0.25) is 5.91 Å². The van der Waals surface area contributed by atoms with Crippen LogP contribution in [0.3, 0.4) is 0 Å². The molecule has 0 fully saturated rings. The monoisotopic (exact) mass is 201 g/mol. The van der Waals surface area contributed by atoms with Gasteiger partial charge in [-0.2, -0.15) is 0 Å². The summed E-state index contributed by atoms with van der Waals surface area (Å²) in [7, 11) is 0. The average molecular weight is 201 g/mol. The summed E-state index contributed by atoms with van der Waals surface area (Å²) < 4.78 is 0. The van der Waals surface area contributed by atoms with Gasteiger partial charge in [0.25, 0.3) is 0 Å². The molecule has 15 heavy (non-hydrogen) atoms. The molecule has 0 aliphatic carbocycles. The van der Waals surface area contributed by atoms with Crippen LogP contribution < -0.4 is 5.32 Å². The van der Waals surface area contributed by atoms with Crippen LogP contribution in [-0.4, -0.2) is 11.0 Å². The van der Waals surface area contributed by atoms with E-state index >= 15 is 0 Å². The van der Waals surface area contributed by atoms with Gasteiger partial charge in [0, 0.05) is 6.92 Å². The van der Waals surface area contributed by atoms with Crippen LogP contribution >= 0.6 is 0 Å². The van der Waals surface area contributed by atoms with Crippen LogP contribution in [0.15, 0.2) is 36.4 Å². The normalized spacial score (nSPS) is 10.2. The Labute approximate surface area is 87.3 Å². The molecule has 3 nitrogen and oxygen atoms in total. The molecular weight excluding hydrogens is 190 g/mol. The van der Waals surface area contributed by atoms with E-state index in [0.29, 0.717) is 5.69 Å². The molecule has 0 unspecified atom stereocenters. The average Bonchev–Trinajstić information content (AvgIpc) is 2.18. The van der Waals surface area contributed by atoms with E-state index < -0.39 is 0 Å². The first-order valence-electron chi connectivity index (χ1n) is 4.66. The summed E-state index contributed by atoms with van der Waals surface area (Å²) in [5.41, 5.74) is 0.446. The summed E-state index contributed by atoms with van der Waals surface area (Å²) in [5.74, 6) is -0.107. The Bertz CT molecular complexity index is 520. The fourth-order valence-corrected chi connectivity index (χ4v) is 1.52. The van der Waals surface area contributed by atoms with Crippen molar-refractivity contribution in [1.82, 2.24) is 0 Å². The lowest BCUT2D eigenvalue weighted by atomic mass is 10.1. The van der Waals surface area contributed by atoms with Crippen molar-refractivity contribution in [2.24, 2.45) is 0 Å². The van der Waals surface area contributed by atoms with Gasteiger partial charge in [-0.3, -0.25) is 4.79 Å². The fraction of sp³-hybridized carbons (Fsp3) is 0.0833. The summed E-state index contributed by atoms with van der Waals surface area (Å²) in [4.78, 5) is 10.9. The lowest BCUT2D eigenvalue weighted by molar-refractivity contribution is -0.114. The molecule has 0 radical (unpaired) electrons. The second-order valence-electron chi connectivity index (χ2n) is 3.40. The number of hydrogen-bond donors (Lipinski definition) is 2. The van der Waals surface area contributed by atoms with E-state index in [4.69, 9.17) is 0 Å². The molecule has 0 atom stereocenters. The SMILES string of the molecule is CC(=O)Nc1cc2ccccc2cc1O. The number of phenols is 1. The maximum absolute atomic E-state index is 10.9. The molecule has 0 spiro atoms. The van der Waals surface area contributed by atoms with Gasteiger partial charge < -0.3 is 10.4 Å². The maximum atomic E-state index is 10.9. The van der Waals surface area contributed by atoms with E-state index in [9.17, 15) is 9.90 Å². The largest absolute Gasteiger partial charge is 0.506 e. The summed E-state index contributed by atoms with van der Waals surface area (Å²) >= 11 is 0. The highest BCUT2D eigenvalue weighted by Crippen LogP contribution is 2.28. The van der Waals surface area contributed by atoms with Crippen molar-refractivity contribution in [2.45, 2.75) is 6.92 Å². The van der Waals surface area contributed by atoms with Gasteiger partial charge in [-0.1, -0.05) is 24.3 Å². The van der Waals surface area contributed by atoms with E-state index in [0.717, 1.165) is 10.8 Å². The van der Waals surface area contributed by atoms with Crippen LogP contribution in [0.4, 0.5) is 5.69 Å². The predicted molar refractivity (Wildman–Crippen MR) is 59.9 cm³/mol. The third-order valence-corrected chi connectivity index (χ3v) is 2.17. The van der Waals surface area contributed by atoms with Crippen molar-refractivity contribution >= 4 is 22.4 Å². The van der Waals surface area contributed by atoms with Crippen LogP contribution in [-0.2, 0) is 4.79 Å². The summed E-state index contributed by atoms with van der Waals surface area (Å²) in [6.07, 6.45) is 0. The molecule has 2 N–H and O–H groups in total. The van der Waals surface area contributed by atoms with E-state index in [1.54, 1.807) is 12.1 Å². The molecule has 3 heteroatoms. The van der Waals surface area contributed by atoms with E-state index in [-0.39, 0.29) is 11.7 Å². The highest BCUT2D eigenvalue weighted by Gasteiger charge is 2.04. The first-order valence-corrected chi connectivity index (χ1v) is 4.66. The zero-order valence-corrected chi connectivity index (χ0v) is 8.32. The minimum absolute atomic E-state index is 0.0869. The lowest BCUT2D eigenvalue weighted by Gasteiger charge is -2.06. The third kappa shape index (κ3) is 1.91. The predicted octanol–water partition coefficient (Wildman–Crippen LogP) is 2.50. The molecule has 2 aromatic carbocycles. The van der Waals surface area contributed by atoms with Gasteiger partial charge in [0.1, 0.15) is 5.75 Å². The number of anilines is 1. The highest BCUT2D eigenvalue weighted by molar-refractivity contribution is 5.95. The number of fused-ring (bicyclic) bond motifs is 1. The fourth-order valence-electron chi connectivity index (χ4n) is 1.52. The number of benzene rings is 2. The molecule has 0 saturated heterocycles. The van der Waals surface area contributed by atoms with Crippen molar-refractivity contribution in [3.8, 4) is 5.75 Å². The molecule has 76 valence electrons. The van der Waals surface area contributed by atoms with Gasteiger partial charge in [0.15, 0.2) is 0 Å². The van der Waals surface area contributed by atoms with Gasteiger partial charge in [0.05, 0.1) is 5.69 Å². The topological polar surface area (TPSA) is 49.3 Å². The first-order chi connectivity index (χ1) is 7.16. The Morgan fingerprint density at radius 2 is 1.80 bits per heavy atom. The number of amides is 1. The van der Waals surface area contributed by atoms with Crippen LogP contribution in [0.5, 0.6) is 5.75 Å². The van der Waals surface area contributed by atoms with Gasteiger partial charge in [-0.25, -0.2) is 0 Å². The quantitative estimate of drug-likeness (QED) is 0.696. The van der Waals surface area contributed by atoms with Gasteiger partial charge >= 0.3 is 0 Å². The minimum Gasteiger partial charge on any atom is -0.506 e. The number of hydrogen-bond acceptors (Lipinski definition) is 2. The van der Waals surface area contributed by atoms with E-state index in [1.807, 2.05) is 24.3 Å². The molecule has 0 aliphatic rings. The number of aromatic hydroxyl groups is 1. The summed E-state index contributed by atoms with van der Waals surface area (Å²) in [6, 6.07) is 11.1.